The van der Waals surface area contributed by atoms with E-state index in [4.69, 9.17) is 9.47 Å². The van der Waals surface area contributed by atoms with Crippen molar-refractivity contribution >= 4 is 27.5 Å². The van der Waals surface area contributed by atoms with E-state index in [1.54, 1.807) is 24.4 Å². The first kappa shape index (κ1) is 25.3. The van der Waals surface area contributed by atoms with Crippen LogP contribution in [0.1, 0.15) is 50.2 Å². The van der Waals surface area contributed by atoms with Gasteiger partial charge in [-0.15, -0.1) is 11.3 Å². The summed E-state index contributed by atoms with van der Waals surface area (Å²) in [4.78, 5) is 22.2. The molecule has 0 amide bonds. The first-order valence-corrected chi connectivity index (χ1v) is 13.6. The van der Waals surface area contributed by atoms with Crippen molar-refractivity contribution in [3.05, 3.63) is 71.8 Å². The summed E-state index contributed by atoms with van der Waals surface area (Å²) in [6.07, 6.45) is 8.67. The highest BCUT2D eigenvalue weighted by Crippen LogP contribution is 2.39. The Labute approximate surface area is 219 Å². The minimum atomic E-state index is -0.526. The highest BCUT2D eigenvalue weighted by atomic mass is 32.1. The van der Waals surface area contributed by atoms with Gasteiger partial charge in [-0.2, -0.15) is 0 Å². The highest BCUT2D eigenvalue weighted by molar-refractivity contribution is 7.22. The van der Waals surface area contributed by atoms with Gasteiger partial charge in [0.1, 0.15) is 11.9 Å². The summed E-state index contributed by atoms with van der Waals surface area (Å²) in [6, 6.07) is 12.4. The van der Waals surface area contributed by atoms with Gasteiger partial charge in [0.05, 0.1) is 27.2 Å². The van der Waals surface area contributed by atoms with E-state index in [9.17, 15) is 9.18 Å². The number of hydrogen-bond acceptors (Lipinski definition) is 7. The molecule has 0 aliphatic heterocycles. The zero-order valence-corrected chi connectivity index (χ0v) is 21.7. The second kappa shape index (κ2) is 11.8. The SMILES string of the molecule is CCCNCc1ccc(-c2cc3nccc(Oc4ccc(CC(=O)OC5CCCC5)cc4F)c3s2)nc1. The molecule has 3 heterocycles. The van der Waals surface area contributed by atoms with E-state index < -0.39 is 5.82 Å². The number of benzene rings is 1. The van der Waals surface area contributed by atoms with Gasteiger partial charge < -0.3 is 14.8 Å². The number of nitrogens with one attached hydrogen (secondary N) is 1. The molecule has 192 valence electrons. The molecule has 1 aliphatic rings. The molecule has 0 unspecified atom stereocenters. The molecular weight excluding hydrogens is 489 g/mol. The smallest absolute Gasteiger partial charge is 0.310 e. The van der Waals surface area contributed by atoms with E-state index in [1.807, 2.05) is 18.3 Å². The standard InChI is InChI=1S/C29H30FN3O3S/c1-2-12-31-17-20-7-9-23(33-18-20)27-16-24-29(37-27)26(11-13-32-24)36-25-10-8-19(14-22(25)30)15-28(34)35-21-5-3-4-6-21/h7-11,13-14,16,18,21,31H,2-6,12,15,17H2,1H3. The fourth-order valence-corrected chi connectivity index (χ4v) is 5.50. The van der Waals surface area contributed by atoms with Gasteiger partial charge in [-0.05, 0) is 74.0 Å². The predicted molar refractivity (Wildman–Crippen MR) is 143 cm³/mol. The molecule has 1 N–H and O–H groups in total. The van der Waals surface area contributed by atoms with E-state index in [2.05, 4.69) is 28.3 Å². The summed E-state index contributed by atoms with van der Waals surface area (Å²) in [5.41, 5.74) is 3.31. The van der Waals surface area contributed by atoms with E-state index in [0.717, 1.165) is 71.5 Å². The van der Waals surface area contributed by atoms with Crippen molar-refractivity contribution in [3.8, 4) is 22.1 Å². The molecule has 0 bridgehead atoms. The number of carbonyl (C=O) groups is 1. The quantitative estimate of drug-likeness (QED) is 0.183. The Morgan fingerprint density at radius 1 is 1.08 bits per heavy atom. The van der Waals surface area contributed by atoms with Crippen LogP contribution in [0.4, 0.5) is 4.39 Å². The summed E-state index contributed by atoms with van der Waals surface area (Å²) in [7, 11) is 0. The maximum Gasteiger partial charge on any atom is 0.310 e. The van der Waals surface area contributed by atoms with Crippen LogP contribution < -0.4 is 10.1 Å². The van der Waals surface area contributed by atoms with E-state index in [1.165, 1.54) is 17.4 Å². The number of ether oxygens (including phenoxy) is 2. The van der Waals surface area contributed by atoms with Gasteiger partial charge in [0.2, 0.25) is 0 Å². The summed E-state index contributed by atoms with van der Waals surface area (Å²) < 4.78 is 27.2. The van der Waals surface area contributed by atoms with Gasteiger partial charge in [-0.25, -0.2) is 4.39 Å². The Bertz CT molecular complexity index is 1370. The lowest BCUT2D eigenvalue weighted by Gasteiger charge is -2.12. The predicted octanol–water partition coefficient (Wildman–Crippen LogP) is 6.82. The molecule has 1 aliphatic carbocycles. The third-order valence-corrected chi connectivity index (χ3v) is 7.54. The van der Waals surface area contributed by atoms with Crippen molar-refractivity contribution in [1.29, 1.82) is 0 Å². The molecule has 0 radical (unpaired) electrons. The van der Waals surface area contributed by atoms with Crippen LogP contribution in [0.25, 0.3) is 20.8 Å². The summed E-state index contributed by atoms with van der Waals surface area (Å²) >= 11 is 1.51. The fraction of sp³-hybridized carbons (Fsp3) is 0.345. The average Bonchev–Trinajstić information content (AvgIpc) is 3.57. The number of aromatic nitrogens is 2. The number of esters is 1. The zero-order chi connectivity index (χ0) is 25.6. The van der Waals surface area contributed by atoms with Gasteiger partial charge in [0, 0.05) is 25.0 Å². The number of halogens is 1. The van der Waals surface area contributed by atoms with E-state index in [0.29, 0.717) is 11.3 Å². The molecule has 3 aromatic heterocycles. The lowest BCUT2D eigenvalue weighted by Crippen LogP contribution is -2.16. The molecule has 1 saturated carbocycles. The van der Waals surface area contributed by atoms with E-state index >= 15 is 0 Å². The van der Waals surface area contributed by atoms with Crippen molar-refractivity contribution in [2.24, 2.45) is 0 Å². The van der Waals surface area contributed by atoms with Gasteiger partial charge in [0.25, 0.3) is 0 Å². The van der Waals surface area contributed by atoms with Crippen LogP contribution in [-0.4, -0.2) is 28.6 Å². The van der Waals surface area contributed by atoms with Crippen LogP contribution in [0.5, 0.6) is 11.5 Å². The van der Waals surface area contributed by atoms with Crippen LogP contribution in [0.3, 0.4) is 0 Å². The Morgan fingerprint density at radius 2 is 1.92 bits per heavy atom. The average molecular weight is 520 g/mol. The number of hydrogen-bond donors (Lipinski definition) is 1. The molecule has 5 rings (SSSR count). The topological polar surface area (TPSA) is 73.3 Å². The fourth-order valence-electron chi connectivity index (χ4n) is 4.46. The molecular formula is C29H30FN3O3S. The molecule has 0 spiro atoms. The Morgan fingerprint density at radius 3 is 2.68 bits per heavy atom. The highest BCUT2D eigenvalue weighted by Gasteiger charge is 2.20. The van der Waals surface area contributed by atoms with Crippen LogP contribution in [0.2, 0.25) is 0 Å². The van der Waals surface area contributed by atoms with Crippen LogP contribution in [-0.2, 0) is 22.5 Å². The summed E-state index contributed by atoms with van der Waals surface area (Å²) in [5, 5.41) is 3.38. The number of fused-ring (bicyclic) bond motifs is 1. The Kier molecular flexibility index (Phi) is 8.06. The molecule has 1 aromatic carbocycles. The summed E-state index contributed by atoms with van der Waals surface area (Å²) in [5.74, 6) is -0.228. The second-order valence-electron chi connectivity index (χ2n) is 9.30. The van der Waals surface area contributed by atoms with Crippen molar-refractivity contribution in [1.82, 2.24) is 15.3 Å². The molecule has 8 heteroatoms. The van der Waals surface area contributed by atoms with Crippen molar-refractivity contribution in [2.75, 3.05) is 6.54 Å². The number of pyridine rings is 2. The molecule has 4 aromatic rings. The lowest BCUT2D eigenvalue weighted by atomic mass is 10.1. The third kappa shape index (κ3) is 6.32. The number of rotatable bonds is 10. The van der Waals surface area contributed by atoms with Gasteiger partial charge >= 0.3 is 5.97 Å². The normalized spacial score (nSPS) is 13.8. The van der Waals surface area contributed by atoms with Crippen molar-refractivity contribution in [2.45, 2.75) is 58.1 Å². The van der Waals surface area contributed by atoms with Crippen LogP contribution in [0, 0.1) is 5.82 Å². The Balaban J connectivity index is 1.28. The number of carbonyl (C=O) groups excluding carboxylic acids is 1. The molecule has 1 fully saturated rings. The molecule has 37 heavy (non-hydrogen) atoms. The third-order valence-electron chi connectivity index (χ3n) is 6.37. The lowest BCUT2D eigenvalue weighted by molar-refractivity contribution is -0.147. The zero-order valence-electron chi connectivity index (χ0n) is 20.8. The van der Waals surface area contributed by atoms with Gasteiger partial charge in [-0.1, -0.05) is 19.1 Å². The maximum absolute atomic E-state index is 14.9. The maximum atomic E-state index is 14.9. The molecule has 6 nitrogen and oxygen atoms in total. The monoisotopic (exact) mass is 519 g/mol. The number of nitrogens with zero attached hydrogens (tertiary/aromatic N) is 2. The van der Waals surface area contributed by atoms with Crippen molar-refractivity contribution < 1.29 is 18.7 Å². The first-order chi connectivity index (χ1) is 18.1. The summed E-state index contributed by atoms with van der Waals surface area (Å²) in [6.45, 7) is 3.91. The minimum absolute atomic E-state index is 0.000629. The number of thiophene rings is 1. The van der Waals surface area contributed by atoms with Crippen LogP contribution >= 0.6 is 11.3 Å². The molecule has 0 saturated heterocycles. The first-order valence-electron chi connectivity index (χ1n) is 12.8. The molecule has 0 atom stereocenters. The van der Waals surface area contributed by atoms with Crippen LogP contribution in [0.15, 0.2) is 54.9 Å². The Hall–Kier alpha value is -3.36. The van der Waals surface area contributed by atoms with E-state index in [-0.39, 0.29) is 24.2 Å². The largest absolute Gasteiger partial charge is 0.462 e. The van der Waals surface area contributed by atoms with Crippen molar-refractivity contribution in [3.63, 3.8) is 0 Å². The second-order valence-corrected chi connectivity index (χ2v) is 10.4. The van der Waals surface area contributed by atoms with Gasteiger partial charge in [-0.3, -0.25) is 14.8 Å². The minimum Gasteiger partial charge on any atom is -0.462 e. The van der Waals surface area contributed by atoms with Gasteiger partial charge in [0.15, 0.2) is 11.6 Å².